The Hall–Kier alpha value is -3.01. The molecule has 2 atom stereocenters. The van der Waals surface area contributed by atoms with Gasteiger partial charge in [0.1, 0.15) is 21.5 Å². The average Bonchev–Trinajstić information content (AvgIpc) is 3.60. The zero-order valence-corrected chi connectivity index (χ0v) is 32.4. The Morgan fingerprint density at radius 3 is 2.29 bits per heavy atom. The number of fused-ring (bicyclic) bond motifs is 3. The minimum absolute atomic E-state index is 0.0372. The summed E-state index contributed by atoms with van der Waals surface area (Å²) in [5.41, 5.74) is 5.90. The molecule has 14 nitrogen and oxygen atoms in total. The Kier molecular flexibility index (Phi) is 9.74. The maximum Gasteiger partial charge on any atom is 0.238 e. The van der Waals surface area contributed by atoms with E-state index in [2.05, 4.69) is 4.99 Å². The average molecular weight is 793 g/mol. The number of quaternary nitrogens is 1. The summed E-state index contributed by atoms with van der Waals surface area (Å²) in [5.74, 6) is 4.42. The number of nitrogens with zero attached hydrogens (tertiary/aromatic N) is 2. The second kappa shape index (κ2) is 13.1. The zero-order valence-electron chi connectivity index (χ0n) is 29.2. The van der Waals surface area contributed by atoms with Crippen LogP contribution in [-0.2, 0) is 50.4 Å². The van der Waals surface area contributed by atoms with Gasteiger partial charge in [-0.2, -0.15) is 10.5 Å². The Morgan fingerprint density at radius 1 is 0.962 bits per heavy atom. The predicted molar refractivity (Wildman–Crippen MR) is 194 cm³/mol. The second-order valence-electron chi connectivity index (χ2n) is 14.4. The summed E-state index contributed by atoms with van der Waals surface area (Å²) in [6, 6.07) is 9.87. The highest BCUT2D eigenvalue weighted by molar-refractivity contribution is 7.94. The van der Waals surface area contributed by atoms with Gasteiger partial charge < -0.3 is 9.11 Å². The third-order valence-electron chi connectivity index (χ3n) is 10.7. The quantitative estimate of drug-likeness (QED) is 0.0632. The van der Waals surface area contributed by atoms with Crippen molar-refractivity contribution in [2.75, 3.05) is 18.8 Å². The highest BCUT2D eigenvalue weighted by atomic mass is 32.2. The lowest BCUT2D eigenvalue weighted by molar-refractivity contribution is -0.432. The van der Waals surface area contributed by atoms with Crippen LogP contribution in [0.2, 0.25) is 0 Å². The topological polar surface area (TPSA) is 222 Å². The number of allylic oxidation sites excluding steroid dienone is 8. The van der Waals surface area contributed by atoms with Gasteiger partial charge in [-0.3, -0.25) is 0 Å². The van der Waals surface area contributed by atoms with Gasteiger partial charge in [0.2, 0.25) is 21.1 Å². The van der Waals surface area contributed by atoms with E-state index in [0.717, 1.165) is 45.7 Å². The lowest BCUT2D eigenvalue weighted by Crippen LogP contribution is -2.33. The van der Waals surface area contributed by atoms with Gasteiger partial charge >= 0.3 is 0 Å². The first-order valence-corrected chi connectivity index (χ1v) is 21.6. The second-order valence-corrected chi connectivity index (χ2v) is 19.8. The van der Waals surface area contributed by atoms with Crippen molar-refractivity contribution in [3.63, 3.8) is 0 Å². The maximum absolute atomic E-state index is 12.4. The summed E-state index contributed by atoms with van der Waals surface area (Å²) in [4.78, 5) is 4.84. The van der Waals surface area contributed by atoms with Gasteiger partial charge in [0.15, 0.2) is 28.9 Å². The van der Waals surface area contributed by atoms with Crippen molar-refractivity contribution in [3.8, 4) is 0 Å². The molecule has 0 saturated carbocycles. The number of benzene rings is 2. The molecule has 280 valence electrons. The molecule has 1 spiro atoms. The van der Waals surface area contributed by atoms with E-state index in [0.29, 0.717) is 34.7 Å². The van der Waals surface area contributed by atoms with Crippen LogP contribution in [0, 0.1) is 0 Å². The van der Waals surface area contributed by atoms with Crippen LogP contribution in [0.15, 0.2) is 92.9 Å². The van der Waals surface area contributed by atoms with E-state index in [1.165, 1.54) is 12.1 Å². The molecule has 1 saturated heterocycles. The molecular weight excluding hydrogens is 753 g/mol. The summed E-state index contributed by atoms with van der Waals surface area (Å²) in [6.45, 7) is 9.76. The Labute approximate surface area is 308 Å². The Morgan fingerprint density at radius 2 is 1.67 bits per heavy atom. The van der Waals surface area contributed by atoms with Gasteiger partial charge in [-0.25, -0.2) is 34.9 Å². The molecule has 0 aromatic heterocycles. The molecule has 1 aliphatic carbocycles. The third-order valence-corrected chi connectivity index (χ3v) is 14.1. The number of primary sulfonamides is 1. The molecular formula is C34H40N4O10S4. The van der Waals surface area contributed by atoms with Gasteiger partial charge in [0, 0.05) is 34.2 Å². The molecule has 4 N–H and O–H groups in total. The first-order chi connectivity index (χ1) is 24.0. The van der Waals surface area contributed by atoms with Crippen LogP contribution in [0.1, 0.15) is 58.6 Å². The van der Waals surface area contributed by atoms with Crippen molar-refractivity contribution in [3.05, 3.63) is 94.2 Å². The molecule has 0 radical (unpaired) electrons. The molecule has 2 unspecified atom stereocenters. The molecule has 3 aliphatic heterocycles. The number of sulfonamides is 1. The molecule has 52 heavy (non-hydrogen) atoms. The highest BCUT2D eigenvalue weighted by Crippen LogP contribution is 2.61. The van der Waals surface area contributed by atoms with Crippen molar-refractivity contribution in [1.82, 2.24) is 4.48 Å². The summed E-state index contributed by atoms with van der Waals surface area (Å²) >= 11 is 0.925. The van der Waals surface area contributed by atoms with E-state index < -0.39 is 52.2 Å². The minimum atomic E-state index is -4.69. The first kappa shape index (κ1) is 38.7. The van der Waals surface area contributed by atoms with E-state index >= 15 is 0 Å². The Bertz CT molecular complexity index is 2380. The van der Waals surface area contributed by atoms with Gasteiger partial charge in [-0.05, 0) is 94.5 Å². The van der Waals surface area contributed by atoms with Crippen LogP contribution in [-0.4, -0.2) is 68.9 Å². The molecule has 0 bridgehead atoms. The van der Waals surface area contributed by atoms with Crippen LogP contribution in [0.5, 0.6) is 0 Å². The lowest BCUT2D eigenvalue weighted by Gasteiger charge is -2.23. The summed E-state index contributed by atoms with van der Waals surface area (Å²) in [5, 5.41) is 4.19. The molecule has 2 aromatic carbocycles. The Balaban J connectivity index is 1.37. The molecule has 0 amide bonds. The highest BCUT2D eigenvalue weighted by Gasteiger charge is 2.71. The first-order valence-electron chi connectivity index (χ1n) is 16.3. The van der Waals surface area contributed by atoms with E-state index in [1.54, 1.807) is 12.1 Å². The van der Waals surface area contributed by atoms with Crippen LogP contribution in [0.3, 0.4) is 0 Å². The van der Waals surface area contributed by atoms with Crippen LogP contribution in [0.4, 0.5) is 11.4 Å². The van der Waals surface area contributed by atoms with Gasteiger partial charge in [0.25, 0.3) is 0 Å². The van der Waals surface area contributed by atoms with Crippen molar-refractivity contribution >= 4 is 59.4 Å². The normalized spacial score (nSPS) is 25.3. The molecule has 4 aliphatic rings. The monoisotopic (exact) mass is 792 g/mol. The minimum Gasteiger partial charge on any atom is -0.748 e. The fourth-order valence-electron chi connectivity index (χ4n) is 8.00. The molecule has 3 heterocycles. The van der Waals surface area contributed by atoms with Crippen molar-refractivity contribution in [1.29, 1.82) is 0 Å². The lowest BCUT2D eigenvalue weighted by atomic mass is 9.81. The smallest absolute Gasteiger partial charge is 0.238 e. The number of rotatable bonds is 11. The van der Waals surface area contributed by atoms with E-state index in [4.69, 9.17) is 15.4 Å². The third kappa shape index (κ3) is 6.79. The van der Waals surface area contributed by atoms with E-state index in [-0.39, 0.29) is 22.5 Å². The summed E-state index contributed by atoms with van der Waals surface area (Å²) in [7, 11) is -13.2. The predicted octanol–water partition coefficient (Wildman–Crippen LogP) is 3.74. The van der Waals surface area contributed by atoms with E-state index in [9.17, 15) is 34.4 Å². The molecule has 1 fully saturated rings. The van der Waals surface area contributed by atoms with Crippen molar-refractivity contribution in [2.24, 2.45) is 11.0 Å². The zero-order chi connectivity index (χ0) is 38.2. The summed E-state index contributed by atoms with van der Waals surface area (Å²) < 4.78 is 103. The van der Waals surface area contributed by atoms with E-state index in [1.807, 2.05) is 75.6 Å². The van der Waals surface area contributed by atoms with Crippen molar-refractivity contribution < 1.29 is 48.3 Å². The van der Waals surface area contributed by atoms with Crippen LogP contribution < -0.4 is 15.5 Å². The number of hydrogen-bond acceptors (Lipinski definition) is 12. The van der Waals surface area contributed by atoms with Gasteiger partial charge in [-0.1, -0.05) is 12.2 Å². The van der Waals surface area contributed by atoms with Crippen LogP contribution in [0.25, 0.3) is 0 Å². The fraction of sp³-hybridized carbons (Fsp3) is 0.382. The molecule has 18 heteroatoms. The number of nitrogens with two attached hydrogens (primary N) is 2. The fourth-order valence-corrected chi connectivity index (χ4v) is 10.4. The molecule has 2 aromatic rings. The van der Waals surface area contributed by atoms with Gasteiger partial charge in [-0.15, -0.1) is 9.32 Å². The standard InChI is InChI=1S/C34H40N4O10S4/c1-21-22(8-14-30-33(2,3)26-18-24(49-48-47-35)10-12-28(26)37(30)16-17-50(39,40)41)6-7-23(21)9-15-31-34(4,5)27-19-25(51(36,42)43)11-13-29(27)38(31)20-32(38)52(44,45)46/h8-15,18-19,32H,6-7,16-17,20,35H2,1-5H3,(H2-2,36,39,40,41,42,43,44,45,46)/b14-8+,23-9+,31-15+. The van der Waals surface area contributed by atoms with Crippen LogP contribution >= 0.6 is 12.0 Å². The largest absolute Gasteiger partial charge is 0.748 e. The molecule has 6 rings (SSSR count). The van der Waals surface area contributed by atoms with Gasteiger partial charge in [0.05, 0.1) is 33.5 Å². The SMILES string of the molecule is CC1=C(/C=C/C2=[N+](CCS(=O)(=O)[O-])c3ccc(SOON)cc3C2(C)C)CC/C1=C\C=C1/C(C)(C)c2cc(S(N)(=O)=O)ccc2[N+]12CC2S(=O)(=O)[O-]. The summed E-state index contributed by atoms with van der Waals surface area (Å²) in [6.07, 6.45) is 9.12. The number of hydrogen-bond donors (Lipinski definition) is 2. The maximum atomic E-state index is 12.4. The van der Waals surface area contributed by atoms with Crippen molar-refractivity contribution in [2.45, 2.75) is 73.5 Å².